The van der Waals surface area contributed by atoms with E-state index in [1.807, 2.05) is 18.2 Å². The Morgan fingerprint density at radius 3 is 2.80 bits per heavy atom. The second-order valence-electron chi connectivity index (χ2n) is 5.88. The van der Waals surface area contributed by atoms with Crippen molar-refractivity contribution < 1.29 is 4.79 Å². The van der Waals surface area contributed by atoms with Gasteiger partial charge in [-0.05, 0) is 88.3 Å². The molecule has 1 amide bonds. The van der Waals surface area contributed by atoms with Crippen LogP contribution in [0, 0.1) is 9.49 Å². The number of halogens is 2. The third-order valence-corrected chi connectivity index (χ3v) is 6.03. The Morgan fingerprint density at radius 1 is 1.20 bits per heavy atom. The molecule has 108 valence electrons. The number of rotatable bonds is 1. The molecule has 1 aliphatic heterocycles. The number of benzene rings is 1. The van der Waals surface area contributed by atoms with Gasteiger partial charge in [-0.15, -0.1) is 0 Å². The molecule has 1 heterocycles. The Kier molecular flexibility index (Phi) is 4.70. The van der Waals surface area contributed by atoms with Gasteiger partial charge in [-0.25, -0.2) is 0 Å². The number of hydrogen-bond donors (Lipinski definition) is 0. The van der Waals surface area contributed by atoms with E-state index in [0.717, 1.165) is 32.5 Å². The van der Waals surface area contributed by atoms with Gasteiger partial charge >= 0.3 is 0 Å². The fourth-order valence-corrected chi connectivity index (χ4v) is 4.60. The first-order chi connectivity index (χ1) is 9.66. The lowest BCUT2D eigenvalue weighted by Crippen LogP contribution is -2.49. The number of likely N-dealkylation sites (tertiary alicyclic amines) is 1. The predicted octanol–water partition coefficient (Wildman–Crippen LogP) is 4.85. The summed E-state index contributed by atoms with van der Waals surface area (Å²) < 4.78 is 2.03. The smallest absolute Gasteiger partial charge is 0.255 e. The highest BCUT2D eigenvalue weighted by molar-refractivity contribution is 14.1. The van der Waals surface area contributed by atoms with Crippen molar-refractivity contribution in [1.29, 1.82) is 0 Å². The van der Waals surface area contributed by atoms with Crippen LogP contribution >= 0.6 is 38.5 Å². The number of carbonyl (C=O) groups is 1. The number of fused-ring (bicyclic) bond motifs is 1. The zero-order valence-corrected chi connectivity index (χ0v) is 15.2. The Bertz CT molecular complexity index is 517. The Balaban J connectivity index is 1.87. The van der Waals surface area contributed by atoms with E-state index in [4.69, 9.17) is 0 Å². The predicted molar refractivity (Wildman–Crippen MR) is 92.9 cm³/mol. The van der Waals surface area contributed by atoms with Gasteiger partial charge < -0.3 is 4.90 Å². The molecule has 0 spiro atoms. The zero-order chi connectivity index (χ0) is 14.1. The van der Waals surface area contributed by atoms with Crippen molar-refractivity contribution in [3.05, 3.63) is 31.8 Å². The molecular weight excluding hydrogens is 429 g/mol. The van der Waals surface area contributed by atoms with Gasteiger partial charge in [0.05, 0.1) is 5.56 Å². The average Bonchev–Trinajstić information content (AvgIpc) is 2.48. The zero-order valence-electron chi connectivity index (χ0n) is 11.4. The van der Waals surface area contributed by atoms with Crippen molar-refractivity contribution in [2.24, 2.45) is 5.92 Å². The first-order valence-corrected chi connectivity index (χ1v) is 9.30. The van der Waals surface area contributed by atoms with Gasteiger partial charge in [-0.3, -0.25) is 4.79 Å². The highest BCUT2D eigenvalue weighted by Gasteiger charge is 2.36. The highest BCUT2D eigenvalue weighted by atomic mass is 127. The molecule has 2 atom stereocenters. The lowest BCUT2D eigenvalue weighted by Gasteiger charge is -2.44. The molecule has 1 saturated carbocycles. The van der Waals surface area contributed by atoms with Crippen LogP contribution in [0.3, 0.4) is 0 Å². The molecule has 0 unspecified atom stereocenters. The number of amides is 1. The SMILES string of the molecule is O=C(c1cc(I)ccc1Br)N1CCC[C@H]2CCCC[C@H]21. The summed E-state index contributed by atoms with van der Waals surface area (Å²) in [5.41, 5.74) is 0.822. The molecule has 0 N–H and O–H groups in total. The number of carbonyl (C=O) groups excluding carboxylic acids is 1. The topological polar surface area (TPSA) is 20.3 Å². The lowest BCUT2D eigenvalue weighted by atomic mass is 9.78. The Morgan fingerprint density at radius 2 is 1.95 bits per heavy atom. The van der Waals surface area contributed by atoms with Gasteiger partial charge in [-0.1, -0.05) is 12.8 Å². The average molecular weight is 448 g/mol. The molecule has 4 heteroatoms. The Hall–Kier alpha value is -0.100. The standard InChI is InChI=1S/C16H19BrINO/c17-14-8-7-12(18)10-13(14)16(20)19-9-3-5-11-4-1-2-6-15(11)19/h7-8,10-11,15H,1-6,9H2/t11-,15-/m1/s1. The molecule has 0 aromatic heterocycles. The summed E-state index contributed by atoms with van der Waals surface area (Å²) >= 11 is 5.81. The van der Waals surface area contributed by atoms with Crippen LogP contribution in [0.5, 0.6) is 0 Å². The number of hydrogen-bond acceptors (Lipinski definition) is 1. The molecule has 1 saturated heterocycles. The molecular formula is C16H19BrINO. The summed E-state index contributed by atoms with van der Waals surface area (Å²) in [5, 5.41) is 0. The molecule has 0 bridgehead atoms. The van der Waals surface area contributed by atoms with Crippen LogP contribution in [-0.4, -0.2) is 23.4 Å². The van der Waals surface area contributed by atoms with Crippen LogP contribution in [0.1, 0.15) is 48.9 Å². The molecule has 20 heavy (non-hydrogen) atoms. The minimum Gasteiger partial charge on any atom is -0.335 e. The quantitative estimate of drug-likeness (QED) is 0.563. The maximum atomic E-state index is 12.9. The van der Waals surface area contributed by atoms with E-state index < -0.39 is 0 Å². The molecule has 2 fully saturated rings. The van der Waals surface area contributed by atoms with E-state index in [0.29, 0.717) is 6.04 Å². The van der Waals surface area contributed by atoms with Gasteiger partial charge in [0.25, 0.3) is 5.91 Å². The number of nitrogens with zero attached hydrogens (tertiary/aromatic N) is 1. The van der Waals surface area contributed by atoms with Crippen molar-refractivity contribution in [1.82, 2.24) is 4.90 Å². The van der Waals surface area contributed by atoms with Crippen molar-refractivity contribution >= 4 is 44.4 Å². The van der Waals surface area contributed by atoms with E-state index in [2.05, 4.69) is 43.4 Å². The van der Waals surface area contributed by atoms with Crippen molar-refractivity contribution in [2.45, 2.75) is 44.6 Å². The van der Waals surface area contributed by atoms with Gasteiger partial charge in [0.2, 0.25) is 0 Å². The highest BCUT2D eigenvalue weighted by Crippen LogP contribution is 2.36. The van der Waals surface area contributed by atoms with Crippen LogP contribution in [0.25, 0.3) is 0 Å². The third kappa shape index (κ3) is 2.91. The van der Waals surface area contributed by atoms with Crippen LogP contribution in [0.2, 0.25) is 0 Å². The molecule has 1 aliphatic carbocycles. The first kappa shape index (κ1) is 14.8. The summed E-state index contributed by atoms with van der Waals surface area (Å²) in [6, 6.07) is 6.49. The van der Waals surface area contributed by atoms with Gasteiger partial charge in [0.1, 0.15) is 0 Å². The van der Waals surface area contributed by atoms with E-state index in [1.165, 1.54) is 32.1 Å². The molecule has 2 nitrogen and oxygen atoms in total. The van der Waals surface area contributed by atoms with Gasteiger partial charge in [0.15, 0.2) is 0 Å². The normalized spacial score (nSPS) is 26.2. The van der Waals surface area contributed by atoms with Crippen LogP contribution < -0.4 is 0 Å². The molecule has 3 rings (SSSR count). The van der Waals surface area contributed by atoms with E-state index in [-0.39, 0.29) is 5.91 Å². The van der Waals surface area contributed by atoms with E-state index >= 15 is 0 Å². The fourth-order valence-electron chi connectivity index (χ4n) is 3.69. The summed E-state index contributed by atoms with van der Waals surface area (Å²) in [7, 11) is 0. The van der Waals surface area contributed by atoms with Crippen LogP contribution in [0.15, 0.2) is 22.7 Å². The maximum absolute atomic E-state index is 12.9. The first-order valence-electron chi connectivity index (χ1n) is 7.43. The minimum atomic E-state index is 0.215. The third-order valence-electron chi connectivity index (χ3n) is 4.66. The second kappa shape index (κ2) is 6.34. The molecule has 1 aromatic rings. The molecule has 1 aromatic carbocycles. The van der Waals surface area contributed by atoms with Crippen molar-refractivity contribution in [3.8, 4) is 0 Å². The van der Waals surface area contributed by atoms with E-state index in [9.17, 15) is 4.79 Å². The summed E-state index contributed by atoms with van der Waals surface area (Å²) in [6.45, 7) is 0.928. The monoisotopic (exact) mass is 447 g/mol. The van der Waals surface area contributed by atoms with Crippen molar-refractivity contribution in [2.75, 3.05) is 6.54 Å². The van der Waals surface area contributed by atoms with Crippen LogP contribution in [0.4, 0.5) is 0 Å². The summed E-state index contributed by atoms with van der Waals surface area (Å²) in [5.74, 6) is 0.954. The maximum Gasteiger partial charge on any atom is 0.255 e. The van der Waals surface area contributed by atoms with Crippen molar-refractivity contribution in [3.63, 3.8) is 0 Å². The van der Waals surface area contributed by atoms with Gasteiger partial charge in [0, 0.05) is 20.6 Å². The largest absolute Gasteiger partial charge is 0.335 e. The molecule has 0 radical (unpaired) electrons. The lowest BCUT2D eigenvalue weighted by molar-refractivity contribution is 0.0390. The summed E-state index contributed by atoms with van der Waals surface area (Å²) in [6.07, 6.45) is 7.59. The van der Waals surface area contributed by atoms with E-state index in [1.54, 1.807) is 0 Å². The number of piperidine rings is 1. The fraction of sp³-hybridized carbons (Fsp3) is 0.562. The summed E-state index contributed by atoms with van der Waals surface area (Å²) in [4.78, 5) is 15.1. The van der Waals surface area contributed by atoms with Crippen LogP contribution in [-0.2, 0) is 0 Å². The molecule has 2 aliphatic rings. The second-order valence-corrected chi connectivity index (χ2v) is 7.98. The Labute approximate surface area is 142 Å². The minimum absolute atomic E-state index is 0.215. The van der Waals surface area contributed by atoms with Gasteiger partial charge in [-0.2, -0.15) is 0 Å².